The first-order chi connectivity index (χ1) is 14.9. The van der Waals surface area contributed by atoms with Gasteiger partial charge in [-0.05, 0) is 24.3 Å². The van der Waals surface area contributed by atoms with Crippen LogP contribution in [0.15, 0.2) is 41.4 Å². The molecule has 4 rings (SSSR count). The van der Waals surface area contributed by atoms with E-state index in [0.29, 0.717) is 60.5 Å². The number of methoxy groups -OCH3 is 1. The van der Waals surface area contributed by atoms with E-state index in [1.807, 2.05) is 0 Å². The quantitative estimate of drug-likeness (QED) is 0.597. The molecule has 1 aliphatic rings. The molecular weight excluding hydrogens is 418 g/mol. The van der Waals surface area contributed by atoms with Crippen LogP contribution in [0.4, 0.5) is 0 Å². The molecule has 0 radical (unpaired) electrons. The fraction of sp³-hybridized carbons (Fsp3) is 0.333. The van der Waals surface area contributed by atoms with Gasteiger partial charge in [0.15, 0.2) is 5.88 Å². The molecule has 0 saturated carbocycles. The van der Waals surface area contributed by atoms with Crippen molar-refractivity contribution in [1.29, 1.82) is 5.26 Å². The summed E-state index contributed by atoms with van der Waals surface area (Å²) >= 11 is 0. The first-order valence-corrected chi connectivity index (χ1v) is 11.3. The summed E-state index contributed by atoms with van der Waals surface area (Å²) in [5.74, 6) is -0.0830. The lowest BCUT2D eigenvalue weighted by atomic mass is 10.1. The van der Waals surface area contributed by atoms with Crippen LogP contribution in [0.1, 0.15) is 5.56 Å². The Morgan fingerprint density at radius 3 is 2.65 bits per heavy atom. The standard InChI is InChI=1S/C21H23N5O4S/c1-30-11-10-25-6-8-26(9-7-25)31(28,29)16-3-5-18(23-14-16)20-17-4-2-15(13-22)12-19(17)24-21(20)27/h2-5,12,14,24,27H,6-11H2,1H3. The number of aromatic nitrogens is 2. The maximum Gasteiger partial charge on any atom is 0.244 e. The van der Waals surface area contributed by atoms with Gasteiger partial charge < -0.3 is 14.8 Å². The predicted octanol–water partition coefficient (Wildman–Crippen LogP) is 1.76. The summed E-state index contributed by atoms with van der Waals surface area (Å²) in [4.78, 5) is 9.45. The first kappa shape index (κ1) is 21.3. The van der Waals surface area contributed by atoms with Gasteiger partial charge in [-0.3, -0.25) is 9.88 Å². The number of hydrogen-bond donors (Lipinski definition) is 2. The minimum atomic E-state index is -3.65. The molecule has 3 aromatic rings. The van der Waals surface area contributed by atoms with E-state index in [2.05, 4.69) is 20.9 Å². The Labute approximate surface area is 180 Å². The van der Waals surface area contributed by atoms with E-state index in [1.165, 1.54) is 16.6 Å². The fourth-order valence-electron chi connectivity index (χ4n) is 3.76. The average molecular weight is 442 g/mol. The first-order valence-electron chi connectivity index (χ1n) is 9.86. The van der Waals surface area contributed by atoms with Gasteiger partial charge in [-0.25, -0.2) is 8.42 Å². The van der Waals surface area contributed by atoms with Crippen molar-refractivity contribution in [3.63, 3.8) is 0 Å². The number of H-pyrrole nitrogens is 1. The molecule has 9 nitrogen and oxygen atoms in total. The molecular formula is C21H23N5O4S. The Morgan fingerprint density at radius 2 is 2.00 bits per heavy atom. The Balaban J connectivity index is 1.56. The second kappa shape index (κ2) is 8.64. The smallest absolute Gasteiger partial charge is 0.244 e. The van der Waals surface area contributed by atoms with Crippen molar-refractivity contribution in [3.8, 4) is 23.2 Å². The molecule has 0 amide bonds. The van der Waals surface area contributed by atoms with E-state index in [1.54, 1.807) is 31.4 Å². The predicted molar refractivity (Wildman–Crippen MR) is 115 cm³/mol. The number of piperazine rings is 1. The van der Waals surface area contributed by atoms with Gasteiger partial charge in [0, 0.05) is 51.4 Å². The third-order valence-electron chi connectivity index (χ3n) is 5.48. The molecule has 162 valence electrons. The van der Waals surface area contributed by atoms with Crippen molar-refractivity contribution < 1.29 is 18.3 Å². The van der Waals surface area contributed by atoms with Crippen molar-refractivity contribution in [3.05, 3.63) is 42.1 Å². The number of ether oxygens (including phenoxy) is 1. The molecule has 1 aliphatic heterocycles. The van der Waals surface area contributed by atoms with Crippen LogP contribution in [0.25, 0.3) is 22.2 Å². The zero-order valence-corrected chi connectivity index (χ0v) is 17.9. The summed E-state index contributed by atoms with van der Waals surface area (Å²) in [6.45, 7) is 3.54. The van der Waals surface area contributed by atoms with Crippen LogP contribution in [0.2, 0.25) is 0 Å². The zero-order chi connectivity index (χ0) is 22.0. The molecule has 3 heterocycles. The minimum absolute atomic E-state index is 0.0830. The zero-order valence-electron chi connectivity index (χ0n) is 17.1. The summed E-state index contributed by atoms with van der Waals surface area (Å²) in [6.07, 6.45) is 1.32. The molecule has 0 bridgehead atoms. The monoisotopic (exact) mass is 441 g/mol. The number of sulfonamides is 1. The normalized spacial score (nSPS) is 15.9. The van der Waals surface area contributed by atoms with Crippen molar-refractivity contribution in [2.24, 2.45) is 0 Å². The van der Waals surface area contributed by atoms with Gasteiger partial charge in [0.1, 0.15) is 4.90 Å². The lowest BCUT2D eigenvalue weighted by Crippen LogP contribution is -2.49. The number of aromatic hydroxyl groups is 1. The molecule has 0 unspecified atom stereocenters. The Bertz CT molecular complexity index is 1220. The molecule has 0 aliphatic carbocycles. The molecule has 1 fully saturated rings. The summed E-state index contributed by atoms with van der Waals surface area (Å²) in [7, 11) is -2.00. The SMILES string of the molecule is COCCN1CCN(S(=O)(=O)c2ccc(-c3c(O)[nH]c4cc(C#N)ccc34)nc2)CC1. The minimum Gasteiger partial charge on any atom is -0.494 e. The highest BCUT2D eigenvalue weighted by atomic mass is 32.2. The second-order valence-electron chi connectivity index (χ2n) is 7.34. The summed E-state index contributed by atoms with van der Waals surface area (Å²) < 4.78 is 32.6. The van der Waals surface area contributed by atoms with Crippen LogP contribution in [-0.4, -0.2) is 79.1 Å². The van der Waals surface area contributed by atoms with E-state index in [-0.39, 0.29) is 10.8 Å². The van der Waals surface area contributed by atoms with Gasteiger partial charge in [-0.2, -0.15) is 9.57 Å². The number of fused-ring (bicyclic) bond motifs is 1. The molecule has 10 heteroatoms. The van der Waals surface area contributed by atoms with Crippen LogP contribution in [0.3, 0.4) is 0 Å². The van der Waals surface area contributed by atoms with E-state index >= 15 is 0 Å². The molecule has 0 atom stereocenters. The topological polar surface area (TPSA) is 123 Å². The van der Waals surface area contributed by atoms with Crippen LogP contribution >= 0.6 is 0 Å². The largest absolute Gasteiger partial charge is 0.494 e. The lowest BCUT2D eigenvalue weighted by Gasteiger charge is -2.33. The summed E-state index contributed by atoms with van der Waals surface area (Å²) in [6, 6.07) is 10.2. The highest BCUT2D eigenvalue weighted by Crippen LogP contribution is 2.36. The van der Waals surface area contributed by atoms with Crippen molar-refractivity contribution in [2.75, 3.05) is 46.4 Å². The summed E-state index contributed by atoms with van der Waals surface area (Å²) in [5.41, 5.74) is 1.99. The number of nitrogens with zero attached hydrogens (tertiary/aromatic N) is 4. The van der Waals surface area contributed by atoms with E-state index in [4.69, 9.17) is 10.00 Å². The lowest BCUT2D eigenvalue weighted by molar-refractivity contribution is 0.123. The van der Waals surface area contributed by atoms with Crippen LogP contribution in [-0.2, 0) is 14.8 Å². The van der Waals surface area contributed by atoms with Gasteiger partial charge >= 0.3 is 0 Å². The average Bonchev–Trinajstić information content (AvgIpc) is 3.12. The number of nitrogens with one attached hydrogen (secondary N) is 1. The fourth-order valence-corrected chi connectivity index (χ4v) is 5.12. The van der Waals surface area contributed by atoms with Gasteiger partial charge in [0.05, 0.1) is 35.0 Å². The number of aromatic amines is 1. The number of rotatable bonds is 6. The third-order valence-corrected chi connectivity index (χ3v) is 7.36. The Hall–Kier alpha value is -2.97. The number of hydrogen-bond acceptors (Lipinski definition) is 7. The number of benzene rings is 1. The molecule has 2 N–H and O–H groups in total. The molecule has 1 aromatic carbocycles. The van der Waals surface area contributed by atoms with Crippen LogP contribution < -0.4 is 0 Å². The van der Waals surface area contributed by atoms with Crippen molar-refractivity contribution >= 4 is 20.9 Å². The van der Waals surface area contributed by atoms with Gasteiger partial charge in [-0.15, -0.1) is 0 Å². The van der Waals surface area contributed by atoms with Crippen LogP contribution in [0, 0.1) is 11.3 Å². The Morgan fingerprint density at radius 1 is 1.23 bits per heavy atom. The van der Waals surface area contributed by atoms with E-state index in [0.717, 1.165) is 6.54 Å². The maximum atomic E-state index is 13.0. The molecule has 2 aromatic heterocycles. The van der Waals surface area contributed by atoms with Gasteiger partial charge in [-0.1, -0.05) is 6.07 Å². The number of nitriles is 1. The molecule has 1 saturated heterocycles. The Kier molecular flexibility index (Phi) is 5.93. The van der Waals surface area contributed by atoms with Gasteiger partial charge in [0.25, 0.3) is 0 Å². The highest BCUT2D eigenvalue weighted by molar-refractivity contribution is 7.89. The number of pyridine rings is 1. The highest BCUT2D eigenvalue weighted by Gasteiger charge is 2.29. The van der Waals surface area contributed by atoms with Crippen LogP contribution in [0.5, 0.6) is 5.88 Å². The van der Waals surface area contributed by atoms with E-state index < -0.39 is 10.0 Å². The van der Waals surface area contributed by atoms with Crippen molar-refractivity contribution in [2.45, 2.75) is 4.90 Å². The second-order valence-corrected chi connectivity index (χ2v) is 9.28. The van der Waals surface area contributed by atoms with Gasteiger partial charge in [0.2, 0.25) is 10.0 Å². The van der Waals surface area contributed by atoms with Crippen molar-refractivity contribution in [1.82, 2.24) is 19.2 Å². The molecule has 0 spiro atoms. The molecule has 31 heavy (non-hydrogen) atoms. The summed E-state index contributed by atoms with van der Waals surface area (Å²) in [5, 5.41) is 20.1. The third kappa shape index (κ3) is 4.13. The maximum absolute atomic E-state index is 13.0. The van der Waals surface area contributed by atoms with E-state index in [9.17, 15) is 13.5 Å².